The van der Waals surface area contributed by atoms with Crippen LogP contribution in [0.25, 0.3) is 90.9 Å². The largest absolute Gasteiger partial charge is 2.00 e. The molecule has 17 heteroatoms. The second-order valence-corrected chi connectivity index (χ2v) is 22.8. The van der Waals surface area contributed by atoms with Gasteiger partial charge in [0.05, 0.1) is 108 Å². The van der Waals surface area contributed by atoms with Crippen LogP contribution in [0, 0.1) is 65.6 Å². The van der Waals surface area contributed by atoms with Gasteiger partial charge in [0.2, 0.25) is 0 Å². The number of aldehydes is 1. The third-order valence-electron chi connectivity index (χ3n) is 16.2. The summed E-state index contributed by atoms with van der Waals surface area (Å²) < 4.78 is 33.3. The van der Waals surface area contributed by atoms with Gasteiger partial charge in [-0.1, -0.05) is 72.0 Å². The van der Waals surface area contributed by atoms with Crippen molar-refractivity contribution in [2.45, 2.75) is 61.0 Å². The molecule has 0 unspecified atom stereocenters. The quantitative estimate of drug-likeness (QED) is 0.0108. The van der Waals surface area contributed by atoms with E-state index in [-0.39, 0.29) is 75.6 Å². The minimum Gasteiger partial charge on any atom is -0.657 e. The van der Waals surface area contributed by atoms with Gasteiger partial charge < -0.3 is 54.2 Å². The number of likely N-dealkylation sites (N-methyl/N-ethyl adjacent to an activating group) is 1. The molecule has 486 valence electrons. The summed E-state index contributed by atoms with van der Waals surface area (Å²) in [5.74, 6) is 7.26. The summed E-state index contributed by atoms with van der Waals surface area (Å²) in [6, 6.07) is 39.1. The molecule has 3 aromatic carbocycles. The maximum atomic E-state index is 11.4. The average molecular weight is 1400 g/mol. The number of hydrogen-bond acceptors (Lipinski definition) is 9. The standard InChI is InChI=1S/C59H46N6O3.C17H38NO4.Gd.2H2O/c1-38-5-7-40(8-6-38)9-10-41-11-13-43(14-12-41)56-48-15-16-50(60-48)57(44-23-28-64(3)29-24-44)51-17-18-52(61-51)58(45-25-30-65(4)31-26-45)53-20-22-55(63-53)59(54-21-19-49(56)62-54)46-33-39(2)34-47(35-46)68-32-27-42(36-66)37-67;1-6-18(7-2,8-3)9-10-19-11-12-20-13-14-21-15-16-22-17(4)5;;;/h5-8,11-26,28-31,33-37H,27,32H2,1-4H3,(H-,60,61,62,63,66,67);17H,6-16H2,1-5H3;;2*1H2/q;+1;+2;;. The Morgan fingerprint density at radius 3 is 1.37 bits per heavy atom. The Morgan fingerprint density at radius 2 is 0.946 bits per heavy atom. The molecule has 8 bridgehead atoms. The summed E-state index contributed by atoms with van der Waals surface area (Å²) in [6.07, 6.45) is 18.4. The minimum atomic E-state index is 0. The fourth-order valence-electron chi connectivity index (χ4n) is 10.8. The number of carbonyl (C=O) groups excluding carboxylic acids is 1. The maximum absolute atomic E-state index is 11.4. The summed E-state index contributed by atoms with van der Waals surface area (Å²) in [5.41, 5.74) is 17.5. The number of quaternary nitrogens is 1. The summed E-state index contributed by atoms with van der Waals surface area (Å²) in [6.45, 7) is 24.3. The van der Waals surface area contributed by atoms with Gasteiger partial charge in [-0.2, -0.15) is 0 Å². The van der Waals surface area contributed by atoms with Crippen molar-refractivity contribution in [1.82, 2.24) is 19.9 Å². The topological polar surface area (TPSA) is 208 Å². The van der Waals surface area contributed by atoms with Crippen LogP contribution in [0.4, 0.5) is 0 Å². The third kappa shape index (κ3) is 20.1. The van der Waals surface area contributed by atoms with Gasteiger partial charge in [-0.05, 0) is 159 Å². The van der Waals surface area contributed by atoms with Crippen molar-refractivity contribution in [3.8, 4) is 62.1 Å². The van der Waals surface area contributed by atoms with Crippen LogP contribution in [-0.2, 0) is 37.8 Å². The Bertz CT molecular complexity index is 4060. The van der Waals surface area contributed by atoms with Crippen molar-refractivity contribution in [2.75, 3.05) is 79.0 Å². The zero-order valence-electron chi connectivity index (χ0n) is 54.9. The molecule has 0 aliphatic carbocycles. The Kier molecular flexibility index (Phi) is 29.2. The summed E-state index contributed by atoms with van der Waals surface area (Å²) in [5, 5.41) is 9.47. The van der Waals surface area contributed by atoms with Gasteiger partial charge in [0, 0.05) is 47.4 Å². The Labute approximate surface area is 579 Å². The minimum absolute atomic E-state index is 0. The number of fused-ring (bicyclic) bond motifs is 8. The number of aliphatic hydroxyl groups excluding tert-OH is 1. The molecule has 10 rings (SSSR count). The summed E-state index contributed by atoms with van der Waals surface area (Å²) >= 11 is 0. The molecule has 5 aromatic heterocycles. The molecule has 0 spiro atoms. The van der Waals surface area contributed by atoms with Gasteiger partial charge in [0.15, 0.2) is 24.8 Å². The predicted octanol–water partition coefficient (Wildman–Crippen LogP) is 11.3. The van der Waals surface area contributed by atoms with E-state index in [1.165, 1.54) is 25.2 Å². The molecule has 0 fully saturated rings. The van der Waals surface area contributed by atoms with E-state index in [0.717, 1.165) is 130 Å². The number of pyridine rings is 2. The van der Waals surface area contributed by atoms with Gasteiger partial charge in [-0.3, -0.25) is 4.79 Å². The van der Waals surface area contributed by atoms with Crippen LogP contribution < -0.4 is 23.8 Å². The first-order valence-electron chi connectivity index (χ1n) is 31.2. The van der Waals surface area contributed by atoms with E-state index in [9.17, 15) is 9.90 Å². The van der Waals surface area contributed by atoms with Crippen molar-refractivity contribution in [3.63, 3.8) is 0 Å². The average Bonchev–Trinajstić information content (AvgIpc) is 1.65. The van der Waals surface area contributed by atoms with Gasteiger partial charge in [0.25, 0.3) is 0 Å². The van der Waals surface area contributed by atoms with Gasteiger partial charge >= 0.3 is 39.9 Å². The molecule has 0 atom stereocenters. The van der Waals surface area contributed by atoms with Crippen LogP contribution in [0.3, 0.4) is 0 Å². The molecular formula is C76H88GdN7O9+3. The number of aliphatic hydroxyl groups is 1. The Hall–Kier alpha value is -7.83. The fourth-order valence-corrected chi connectivity index (χ4v) is 10.8. The first-order chi connectivity index (χ1) is 43.8. The van der Waals surface area contributed by atoms with E-state index in [1.807, 2.05) is 117 Å². The van der Waals surface area contributed by atoms with Crippen molar-refractivity contribution < 1.29 is 98.1 Å². The molecule has 0 saturated carbocycles. The summed E-state index contributed by atoms with van der Waals surface area (Å²) in [4.78, 5) is 33.1. The van der Waals surface area contributed by atoms with E-state index in [2.05, 4.69) is 131 Å². The molecule has 7 heterocycles. The number of aryl methyl sites for hydroxylation is 4. The summed E-state index contributed by atoms with van der Waals surface area (Å²) in [7, 11) is 4.01. The number of ether oxygens (including phenoxy) is 5. The molecule has 2 aliphatic heterocycles. The molecule has 5 N–H and O–H groups in total. The molecule has 2 aliphatic rings. The van der Waals surface area contributed by atoms with Crippen LogP contribution in [0.5, 0.6) is 5.75 Å². The molecule has 0 amide bonds. The molecule has 93 heavy (non-hydrogen) atoms. The van der Waals surface area contributed by atoms with Crippen molar-refractivity contribution in [1.29, 1.82) is 0 Å². The van der Waals surface area contributed by atoms with Gasteiger partial charge in [-0.25, -0.2) is 19.1 Å². The van der Waals surface area contributed by atoms with E-state index in [0.29, 0.717) is 51.7 Å². The number of rotatable bonds is 25. The van der Waals surface area contributed by atoms with Crippen molar-refractivity contribution >= 4 is 52.7 Å². The van der Waals surface area contributed by atoms with Gasteiger partial charge in [0.1, 0.15) is 32.7 Å². The normalized spacial score (nSPS) is 11.6. The second-order valence-electron chi connectivity index (χ2n) is 22.8. The maximum Gasteiger partial charge on any atom is 2.00 e. The molecule has 16 nitrogen and oxygen atoms in total. The second kappa shape index (κ2) is 36.6. The third-order valence-corrected chi connectivity index (χ3v) is 16.2. The fraction of sp³-hybridized carbons (Fsp3) is 0.303. The monoisotopic (exact) mass is 1400 g/mol. The zero-order chi connectivity index (χ0) is 63.4. The van der Waals surface area contributed by atoms with E-state index >= 15 is 0 Å². The molecular weight excluding hydrogens is 1310 g/mol. The van der Waals surface area contributed by atoms with E-state index in [1.54, 1.807) is 0 Å². The molecule has 8 aromatic rings. The Balaban J connectivity index is 0.000000473. The van der Waals surface area contributed by atoms with E-state index in [4.69, 9.17) is 43.6 Å². The van der Waals surface area contributed by atoms with Crippen LogP contribution in [-0.4, -0.2) is 122 Å². The van der Waals surface area contributed by atoms with Crippen LogP contribution in [0.1, 0.15) is 86.1 Å². The smallest absolute Gasteiger partial charge is 0.657 e. The number of hydrogen-bond donors (Lipinski definition) is 1. The number of benzene rings is 3. The first kappa shape index (κ1) is 74.2. The van der Waals surface area contributed by atoms with Crippen molar-refractivity contribution in [3.05, 3.63) is 197 Å². The van der Waals surface area contributed by atoms with Crippen molar-refractivity contribution in [2.24, 2.45) is 14.1 Å². The van der Waals surface area contributed by atoms with Gasteiger partial charge in [-0.15, -0.1) is 22.1 Å². The van der Waals surface area contributed by atoms with E-state index < -0.39 is 0 Å². The first-order valence-corrected chi connectivity index (χ1v) is 31.2. The Morgan fingerprint density at radius 1 is 0.538 bits per heavy atom. The number of nitrogens with zero attached hydrogens (tertiary/aromatic N) is 7. The number of carbonyl (C=O) groups is 1. The van der Waals surface area contributed by atoms with Crippen LogP contribution in [0.15, 0.2) is 152 Å². The predicted molar refractivity (Wildman–Crippen MR) is 367 cm³/mol. The zero-order valence-corrected chi connectivity index (χ0v) is 57.2. The molecule has 0 radical (unpaired) electrons. The van der Waals surface area contributed by atoms with Crippen LogP contribution in [0.2, 0.25) is 0 Å². The van der Waals surface area contributed by atoms with Crippen LogP contribution >= 0.6 is 0 Å². The molecule has 0 saturated heterocycles. The SMILES string of the molecule is CC[N+](CC)(CC)CCOCCOCCOCCOC(C)C.Cc1ccc(C#Cc2ccc(-c3c4nc(c(-c5cc(C)cc(OCCC(C=O)=CO)c5)c5ccc([n-]5)c(-c5cc[n+](C)cc5)c5nc(c(-c6cc[n+](C)cc6)c6ccc3[n-]6)C=C5)C=C4)cc2)cc1.O.O.[Gd+2]. The number of aromatic nitrogens is 6.